The minimum atomic E-state index is -1.37. The summed E-state index contributed by atoms with van der Waals surface area (Å²) in [7, 11) is 0.687. The van der Waals surface area contributed by atoms with Crippen LogP contribution in [-0.4, -0.2) is 35.7 Å². The molecule has 0 saturated heterocycles. The van der Waals surface area contributed by atoms with Crippen molar-refractivity contribution in [2.45, 2.75) is 19.9 Å². The Balaban J connectivity index is 2.65. The van der Waals surface area contributed by atoms with Crippen LogP contribution in [0.4, 0.5) is 0 Å². The van der Waals surface area contributed by atoms with Crippen LogP contribution in [0.3, 0.4) is 0 Å². The average Bonchev–Trinajstić information content (AvgIpc) is 2.18. The van der Waals surface area contributed by atoms with Crippen LogP contribution in [0.1, 0.15) is 18.9 Å². The van der Waals surface area contributed by atoms with E-state index < -0.39 is 7.12 Å². The Hall–Kier alpha value is -0.835. The number of benzene rings is 1. The molecular weight excluding hydrogens is 189 g/mol. The third-order valence-electron chi connectivity index (χ3n) is 2.31. The molecule has 1 aromatic rings. The molecule has 0 aliphatic carbocycles. The van der Waals surface area contributed by atoms with Gasteiger partial charge in [0.15, 0.2) is 0 Å². The second-order valence-corrected chi connectivity index (χ2v) is 3.86. The van der Waals surface area contributed by atoms with E-state index in [9.17, 15) is 0 Å². The molecule has 1 rings (SSSR count). The summed E-state index contributed by atoms with van der Waals surface area (Å²) in [6, 6.07) is 7.40. The lowest BCUT2D eigenvalue weighted by atomic mass is 9.79. The van der Waals surface area contributed by atoms with E-state index >= 15 is 0 Å². The van der Waals surface area contributed by atoms with Gasteiger partial charge >= 0.3 is 7.12 Å². The van der Waals surface area contributed by atoms with Crippen molar-refractivity contribution in [1.29, 1.82) is 0 Å². The highest BCUT2D eigenvalue weighted by Gasteiger charge is 2.10. The number of hydrogen-bond acceptors (Lipinski definition) is 3. The van der Waals surface area contributed by atoms with Gasteiger partial charge in [-0.05, 0) is 31.0 Å². The summed E-state index contributed by atoms with van der Waals surface area (Å²) in [4.78, 5) is 2.21. The summed E-state index contributed by atoms with van der Waals surface area (Å²) in [5.74, 6) is 0. The van der Waals surface area contributed by atoms with E-state index in [1.54, 1.807) is 6.07 Å². The highest BCUT2D eigenvalue weighted by Crippen LogP contribution is 2.02. The third kappa shape index (κ3) is 4.04. The number of hydrogen-bond donors (Lipinski definition) is 2. The highest BCUT2D eigenvalue weighted by atomic mass is 16.4. The molecule has 0 radical (unpaired) electrons. The number of nitrogens with zero attached hydrogens (tertiary/aromatic N) is 1. The second-order valence-electron chi connectivity index (χ2n) is 3.86. The summed E-state index contributed by atoms with van der Waals surface area (Å²) in [6.45, 7) is 4.03. The van der Waals surface area contributed by atoms with E-state index in [2.05, 4.69) is 18.9 Å². The Morgan fingerprint density at radius 1 is 1.33 bits per heavy atom. The lowest BCUT2D eigenvalue weighted by Gasteiger charge is -2.15. The van der Waals surface area contributed by atoms with Crippen molar-refractivity contribution in [3.8, 4) is 0 Å². The average molecular weight is 207 g/mol. The monoisotopic (exact) mass is 207 g/mol. The van der Waals surface area contributed by atoms with Crippen LogP contribution in [0.15, 0.2) is 24.3 Å². The van der Waals surface area contributed by atoms with Gasteiger partial charge in [0, 0.05) is 6.54 Å². The molecule has 0 unspecified atom stereocenters. The zero-order valence-corrected chi connectivity index (χ0v) is 9.35. The van der Waals surface area contributed by atoms with Gasteiger partial charge in [-0.3, -0.25) is 0 Å². The molecule has 15 heavy (non-hydrogen) atoms. The van der Waals surface area contributed by atoms with E-state index in [1.165, 1.54) is 0 Å². The highest BCUT2D eigenvalue weighted by molar-refractivity contribution is 6.58. The van der Waals surface area contributed by atoms with Crippen LogP contribution in [-0.2, 0) is 6.54 Å². The first-order valence-electron chi connectivity index (χ1n) is 5.27. The molecule has 0 bridgehead atoms. The molecule has 0 atom stereocenters. The summed E-state index contributed by atoms with van der Waals surface area (Å²) in [5.41, 5.74) is 1.66. The Labute approximate surface area is 91.5 Å². The third-order valence-corrected chi connectivity index (χ3v) is 2.31. The molecule has 82 valence electrons. The van der Waals surface area contributed by atoms with Crippen LogP contribution in [0, 0.1) is 0 Å². The Bertz CT molecular complexity index is 304. The summed E-state index contributed by atoms with van der Waals surface area (Å²) in [5, 5.41) is 18.1. The van der Waals surface area contributed by atoms with Crippen molar-refractivity contribution < 1.29 is 10.0 Å². The van der Waals surface area contributed by atoms with Crippen LogP contribution < -0.4 is 5.46 Å². The minimum Gasteiger partial charge on any atom is -0.423 e. The first-order valence-corrected chi connectivity index (χ1v) is 5.27. The lowest BCUT2D eigenvalue weighted by molar-refractivity contribution is 0.327. The van der Waals surface area contributed by atoms with Gasteiger partial charge < -0.3 is 14.9 Å². The van der Waals surface area contributed by atoms with Gasteiger partial charge in [0.2, 0.25) is 0 Å². The van der Waals surface area contributed by atoms with E-state index in [0.29, 0.717) is 5.46 Å². The summed E-state index contributed by atoms with van der Waals surface area (Å²) < 4.78 is 0. The van der Waals surface area contributed by atoms with Gasteiger partial charge in [0.05, 0.1) is 0 Å². The zero-order chi connectivity index (χ0) is 11.3. The molecule has 0 aliphatic rings. The van der Waals surface area contributed by atoms with Crippen LogP contribution in [0.5, 0.6) is 0 Å². The molecule has 0 aliphatic heterocycles. The fourth-order valence-electron chi connectivity index (χ4n) is 1.62. The fourth-order valence-corrected chi connectivity index (χ4v) is 1.62. The van der Waals surface area contributed by atoms with Gasteiger partial charge in [-0.2, -0.15) is 0 Å². The van der Waals surface area contributed by atoms with Crippen LogP contribution in [0.25, 0.3) is 0 Å². The van der Waals surface area contributed by atoms with Crippen molar-refractivity contribution in [3.63, 3.8) is 0 Å². The second kappa shape index (κ2) is 5.90. The number of rotatable bonds is 5. The lowest BCUT2D eigenvalue weighted by Crippen LogP contribution is -2.30. The quantitative estimate of drug-likeness (QED) is 0.678. The van der Waals surface area contributed by atoms with E-state index in [1.807, 2.05) is 18.2 Å². The van der Waals surface area contributed by atoms with Crippen LogP contribution in [0.2, 0.25) is 0 Å². The Morgan fingerprint density at radius 3 is 2.67 bits per heavy atom. The molecular formula is C11H18BNO2. The largest absolute Gasteiger partial charge is 0.488 e. The smallest absolute Gasteiger partial charge is 0.423 e. The first kappa shape index (κ1) is 12.2. The maximum atomic E-state index is 9.03. The molecule has 4 heteroatoms. The maximum Gasteiger partial charge on any atom is 0.488 e. The van der Waals surface area contributed by atoms with Crippen molar-refractivity contribution in [3.05, 3.63) is 29.8 Å². The first-order chi connectivity index (χ1) is 7.13. The van der Waals surface area contributed by atoms with Crippen LogP contribution >= 0.6 is 0 Å². The molecule has 0 spiro atoms. The van der Waals surface area contributed by atoms with Crippen molar-refractivity contribution in [1.82, 2.24) is 4.90 Å². The Morgan fingerprint density at radius 2 is 2.07 bits per heavy atom. The summed E-state index contributed by atoms with van der Waals surface area (Å²) >= 11 is 0. The predicted octanol–water partition coefficient (Wildman–Crippen LogP) is 0.208. The molecule has 0 fully saturated rings. The van der Waals surface area contributed by atoms with Gasteiger partial charge in [-0.15, -0.1) is 0 Å². The van der Waals surface area contributed by atoms with E-state index in [4.69, 9.17) is 10.0 Å². The van der Waals surface area contributed by atoms with Crippen molar-refractivity contribution >= 4 is 12.6 Å². The topological polar surface area (TPSA) is 43.7 Å². The van der Waals surface area contributed by atoms with Gasteiger partial charge in [0.25, 0.3) is 0 Å². The fraction of sp³-hybridized carbons (Fsp3) is 0.455. The zero-order valence-electron chi connectivity index (χ0n) is 9.35. The molecule has 0 saturated carbocycles. The maximum absolute atomic E-state index is 9.03. The molecule has 1 aromatic carbocycles. The summed E-state index contributed by atoms with van der Waals surface area (Å²) in [6.07, 6.45) is 1.12. The Kier molecular flexibility index (Phi) is 4.82. The minimum absolute atomic E-state index is 0.553. The normalized spacial score (nSPS) is 10.7. The molecule has 0 amide bonds. The van der Waals surface area contributed by atoms with Gasteiger partial charge in [0.1, 0.15) is 0 Å². The molecule has 2 N–H and O–H groups in total. The molecule has 0 heterocycles. The SMILES string of the molecule is CCCN(C)Cc1cccc(B(O)O)c1. The molecule has 3 nitrogen and oxygen atoms in total. The standard InChI is InChI=1S/C11H18BNO2/c1-3-7-13(2)9-10-5-4-6-11(8-10)12(14)15/h4-6,8,14-15H,3,7,9H2,1-2H3. The van der Waals surface area contributed by atoms with Gasteiger partial charge in [-0.1, -0.05) is 31.2 Å². The van der Waals surface area contributed by atoms with E-state index in [-0.39, 0.29) is 0 Å². The predicted molar refractivity (Wildman–Crippen MR) is 62.9 cm³/mol. The van der Waals surface area contributed by atoms with Crippen molar-refractivity contribution in [2.75, 3.05) is 13.6 Å². The van der Waals surface area contributed by atoms with Crippen molar-refractivity contribution in [2.24, 2.45) is 0 Å². The van der Waals surface area contributed by atoms with Gasteiger partial charge in [-0.25, -0.2) is 0 Å². The molecule has 0 aromatic heterocycles. The van der Waals surface area contributed by atoms with E-state index in [0.717, 1.165) is 25.1 Å².